The lowest BCUT2D eigenvalue weighted by atomic mass is 10.1. The monoisotopic (exact) mass is 554 g/mol. The van der Waals surface area contributed by atoms with E-state index < -0.39 is 0 Å². The maximum absolute atomic E-state index is 13.3. The molecular formula is C29H32Cl2N4O3. The van der Waals surface area contributed by atoms with Crippen molar-refractivity contribution in [3.63, 3.8) is 0 Å². The van der Waals surface area contributed by atoms with Crippen molar-refractivity contribution < 1.29 is 14.3 Å². The summed E-state index contributed by atoms with van der Waals surface area (Å²) in [7, 11) is 1.68. The molecule has 0 radical (unpaired) electrons. The first-order chi connectivity index (χ1) is 18.3. The van der Waals surface area contributed by atoms with E-state index in [0.717, 1.165) is 43.3 Å². The molecule has 0 bridgehead atoms. The normalized spacial score (nSPS) is 13.4. The fourth-order valence-electron chi connectivity index (χ4n) is 4.38. The predicted octanol–water partition coefficient (Wildman–Crippen LogP) is 5.97. The topological polar surface area (TPSA) is 73.9 Å². The number of methoxy groups -OCH3 is 1. The van der Waals surface area contributed by atoms with E-state index in [1.165, 1.54) is 6.07 Å². The molecule has 1 aliphatic heterocycles. The first-order valence-electron chi connectivity index (χ1n) is 12.6. The standard InChI is InChI=1S/C29H32Cl2N4O3/c1-19(2)18-32-29(37)22-17-21(33-28(36)20-8-10-23(30)24(31)16-20)9-11-25(22)34-12-14-35(15-13-34)26-6-4-5-7-27(26)38-3/h4-11,16-17,19H,12-15,18H2,1-3H3,(H,32,37)(H,33,36). The minimum atomic E-state index is -0.338. The lowest BCUT2D eigenvalue weighted by molar-refractivity contribution is 0.0948. The molecule has 2 amide bonds. The second-order valence-electron chi connectivity index (χ2n) is 9.56. The zero-order valence-corrected chi connectivity index (χ0v) is 23.3. The van der Waals surface area contributed by atoms with Crippen molar-refractivity contribution in [1.82, 2.24) is 5.32 Å². The number of nitrogens with zero attached hydrogens (tertiary/aromatic N) is 2. The Morgan fingerprint density at radius 3 is 2.21 bits per heavy atom. The van der Waals surface area contributed by atoms with Gasteiger partial charge < -0.3 is 25.2 Å². The highest BCUT2D eigenvalue weighted by Gasteiger charge is 2.24. The number of benzene rings is 3. The summed E-state index contributed by atoms with van der Waals surface area (Å²) in [5.74, 6) is 0.642. The van der Waals surface area contributed by atoms with Crippen LogP contribution in [-0.4, -0.2) is 51.6 Å². The van der Waals surface area contributed by atoms with Gasteiger partial charge in [0.15, 0.2) is 0 Å². The zero-order valence-electron chi connectivity index (χ0n) is 21.8. The molecule has 1 heterocycles. The molecular weight excluding hydrogens is 523 g/mol. The second-order valence-corrected chi connectivity index (χ2v) is 10.4. The van der Waals surface area contributed by atoms with Crippen molar-refractivity contribution in [3.05, 3.63) is 81.8 Å². The van der Waals surface area contributed by atoms with E-state index in [0.29, 0.717) is 39.3 Å². The number of hydrogen-bond acceptors (Lipinski definition) is 5. The van der Waals surface area contributed by atoms with E-state index in [9.17, 15) is 9.59 Å². The molecule has 1 fully saturated rings. The summed E-state index contributed by atoms with van der Waals surface area (Å²) in [5.41, 5.74) is 3.31. The summed E-state index contributed by atoms with van der Waals surface area (Å²) in [4.78, 5) is 30.6. The SMILES string of the molecule is COc1ccccc1N1CCN(c2ccc(NC(=O)c3ccc(Cl)c(Cl)c3)cc2C(=O)NCC(C)C)CC1. The summed E-state index contributed by atoms with van der Waals surface area (Å²) >= 11 is 12.1. The summed E-state index contributed by atoms with van der Waals surface area (Å²) < 4.78 is 5.54. The Morgan fingerprint density at radius 1 is 0.868 bits per heavy atom. The second kappa shape index (κ2) is 12.4. The van der Waals surface area contributed by atoms with Gasteiger partial charge in [-0.3, -0.25) is 9.59 Å². The highest BCUT2D eigenvalue weighted by molar-refractivity contribution is 6.42. The molecule has 3 aromatic rings. The van der Waals surface area contributed by atoms with Crippen LogP contribution in [-0.2, 0) is 0 Å². The number of carbonyl (C=O) groups excluding carboxylic acids is 2. The lowest BCUT2D eigenvalue weighted by Crippen LogP contribution is -2.47. The van der Waals surface area contributed by atoms with Gasteiger partial charge in [0.1, 0.15) is 5.75 Å². The van der Waals surface area contributed by atoms with Crippen LogP contribution >= 0.6 is 23.2 Å². The third kappa shape index (κ3) is 6.52. The van der Waals surface area contributed by atoms with Crippen LogP contribution in [0.2, 0.25) is 10.0 Å². The molecule has 4 rings (SSSR count). The van der Waals surface area contributed by atoms with Crippen molar-refractivity contribution in [3.8, 4) is 5.75 Å². The summed E-state index contributed by atoms with van der Waals surface area (Å²) in [5, 5.41) is 6.57. The fourth-order valence-corrected chi connectivity index (χ4v) is 4.68. The average molecular weight is 556 g/mol. The lowest BCUT2D eigenvalue weighted by Gasteiger charge is -2.38. The smallest absolute Gasteiger partial charge is 0.255 e. The largest absolute Gasteiger partial charge is 0.495 e. The molecule has 0 saturated carbocycles. The molecule has 2 N–H and O–H groups in total. The number of carbonyl (C=O) groups is 2. The van der Waals surface area contributed by atoms with Crippen LogP contribution in [0.5, 0.6) is 5.75 Å². The number of amides is 2. The van der Waals surface area contributed by atoms with Crippen LogP contribution in [0.15, 0.2) is 60.7 Å². The molecule has 200 valence electrons. The molecule has 3 aromatic carbocycles. The molecule has 38 heavy (non-hydrogen) atoms. The molecule has 0 aromatic heterocycles. The Kier molecular flexibility index (Phi) is 9.02. The van der Waals surface area contributed by atoms with Gasteiger partial charge in [-0.1, -0.05) is 49.2 Å². The van der Waals surface area contributed by atoms with E-state index >= 15 is 0 Å². The molecule has 0 atom stereocenters. The average Bonchev–Trinajstić information content (AvgIpc) is 2.93. The van der Waals surface area contributed by atoms with Crippen LogP contribution in [0.4, 0.5) is 17.1 Å². The highest BCUT2D eigenvalue weighted by Crippen LogP contribution is 2.31. The number of piperazine rings is 1. The van der Waals surface area contributed by atoms with E-state index in [1.54, 1.807) is 25.3 Å². The van der Waals surface area contributed by atoms with Crippen LogP contribution in [0.25, 0.3) is 0 Å². The van der Waals surface area contributed by atoms with Gasteiger partial charge in [-0.2, -0.15) is 0 Å². The van der Waals surface area contributed by atoms with Gasteiger partial charge in [-0.05, 0) is 54.4 Å². The molecule has 0 aliphatic carbocycles. The van der Waals surface area contributed by atoms with Crippen molar-refractivity contribution >= 4 is 52.1 Å². The fraction of sp³-hybridized carbons (Fsp3) is 0.310. The van der Waals surface area contributed by atoms with Crippen molar-refractivity contribution in [2.24, 2.45) is 5.92 Å². The number of halogens is 2. The summed E-state index contributed by atoms with van der Waals surface area (Å²) in [6.07, 6.45) is 0. The van der Waals surface area contributed by atoms with Gasteiger partial charge in [0.2, 0.25) is 0 Å². The van der Waals surface area contributed by atoms with Crippen molar-refractivity contribution in [2.75, 3.05) is 55.0 Å². The van der Waals surface area contributed by atoms with E-state index in [1.807, 2.05) is 44.2 Å². The molecule has 1 saturated heterocycles. The molecule has 9 heteroatoms. The van der Waals surface area contributed by atoms with Crippen molar-refractivity contribution in [1.29, 1.82) is 0 Å². The number of ether oxygens (including phenoxy) is 1. The van der Waals surface area contributed by atoms with Crippen molar-refractivity contribution in [2.45, 2.75) is 13.8 Å². The van der Waals surface area contributed by atoms with Gasteiger partial charge >= 0.3 is 0 Å². The van der Waals surface area contributed by atoms with Gasteiger partial charge in [0, 0.05) is 49.7 Å². The maximum Gasteiger partial charge on any atom is 0.255 e. The number of nitrogens with one attached hydrogen (secondary N) is 2. The van der Waals surface area contributed by atoms with E-state index in [-0.39, 0.29) is 11.8 Å². The quantitative estimate of drug-likeness (QED) is 0.359. The van der Waals surface area contributed by atoms with Gasteiger partial charge in [0.05, 0.1) is 28.4 Å². The molecule has 0 unspecified atom stereocenters. The van der Waals surface area contributed by atoms with Gasteiger partial charge in [-0.25, -0.2) is 0 Å². The molecule has 1 aliphatic rings. The molecule has 7 nitrogen and oxygen atoms in total. The van der Waals surface area contributed by atoms with Crippen LogP contribution in [0, 0.1) is 5.92 Å². The summed E-state index contributed by atoms with van der Waals surface area (Å²) in [6.45, 7) is 7.68. The van der Waals surface area contributed by atoms with E-state index in [4.69, 9.17) is 27.9 Å². The third-order valence-electron chi connectivity index (χ3n) is 6.40. The highest BCUT2D eigenvalue weighted by atomic mass is 35.5. The Bertz CT molecular complexity index is 1310. The molecule has 0 spiro atoms. The maximum atomic E-state index is 13.3. The minimum absolute atomic E-state index is 0.175. The van der Waals surface area contributed by atoms with Gasteiger partial charge in [0.25, 0.3) is 11.8 Å². The Morgan fingerprint density at radius 2 is 1.55 bits per heavy atom. The third-order valence-corrected chi connectivity index (χ3v) is 7.14. The van der Waals surface area contributed by atoms with E-state index in [2.05, 4.69) is 26.5 Å². The number of anilines is 3. The zero-order chi connectivity index (χ0) is 27.2. The Labute approximate surface area is 233 Å². The summed E-state index contributed by atoms with van der Waals surface area (Å²) in [6, 6.07) is 18.1. The first kappa shape index (κ1) is 27.6. The first-order valence-corrected chi connectivity index (χ1v) is 13.3. The number of para-hydroxylation sites is 2. The van der Waals surface area contributed by atoms with Gasteiger partial charge in [-0.15, -0.1) is 0 Å². The predicted molar refractivity (Wildman–Crippen MR) is 155 cm³/mol. The van der Waals surface area contributed by atoms with Crippen LogP contribution < -0.4 is 25.2 Å². The Balaban J connectivity index is 1.55. The van der Waals surface area contributed by atoms with Crippen LogP contribution in [0.3, 0.4) is 0 Å². The number of hydrogen-bond donors (Lipinski definition) is 2. The Hall–Kier alpha value is -3.42. The van der Waals surface area contributed by atoms with Crippen LogP contribution in [0.1, 0.15) is 34.6 Å². The number of rotatable bonds is 8. The minimum Gasteiger partial charge on any atom is -0.495 e.